The molecule has 1 heterocycles. The van der Waals surface area contributed by atoms with Crippen molar-refractivity contribution in [1.29, 1.82) is 0 Å². The van der Waals surface area contributed by atoms with Gasteiger partial charge in [0.05, 0.1) is 12.2 Å². The van der Waals surface area contributed by atoms with Crippen LogP contribution in [-0.2, 0) is 11.3 Å². The Morgan fingerprint density at radius 1 is 0.914 bits per heavy atom. The Morgan fingerprint density at radius 3 is 2.00 bits per heavy atom. The number of halogens is 1. The van der Waals surface area contributed by atoms with Crippen LogP contribution in [0.4, 0.5) is 26.6 Å². The molecule has 2 N–H and O–H groups in total. The third-order valence-corrected chi connectivity index (χ3v) is 6.52. The second kappa shape index (κ2) is 11.1. The maximum atomic E-state index is 13.6. The number of carbonyl (C=O) groups excluding carboxylic acids is 1. The molecule has 0 saturated carbocycles. The number of amides is 1. The summed E-state index contributed by atoms with van der Waals surface area (Å²) < 4.78 is 13.6. The van der Waals surface area contributed by atoms with Crippen molar-refractivity contribution in [1.82, 2.24) is 4.98 Å². The maximum absolute atomic E-state index is 13.6. The zero-order valence-electron chi connectivity index (χ0n) is 19.8. The van der Waals surface area contributed by atoms with Gasteiger partial charge in [0, 0.05) is 22.4 Å². The molecule has 0 aliphatic rings. The van der Waals surface area contributed by atoms with E-state index in [4.69, 9.17) is 10.7 Å². The molecule has 1 amide bonds. The summed E-state index contributed by atoms with van der Waals surface area (Å²) >= 11 is 1.53. The van der Waals surface area contributed by atoms with Crippen LogP contribution < -0.4 is 15.5 Å². The number of hydrogen-bond acceptors (Lipinski definition) is 5. The summed E-state index contributed by atoms with van der Waals surface area (Å²) in [5.41, 5.74) is 9.38. The van der Waals surface area contributed by atoms with Gasteiger partial charge >= 0.3 is 0 Å². The molecule has 5 nitrogen and oxygen atoms in total. The lowest BCUT2D eigenvalue weighted by Gasteiger charge is -2.32. The van der Waals surface area contributed by atoms with Gasteiger partial charge in [-0.15, -0.1) is 11.3 Å². The molecule has 1 aromatic heterocycles. The molecule has 0 fully saturated rings. The van der Waals surface area contributed by atoms with Crippen LogP contribution in [0.25, 0.3) is 0 Å². The van der Waals surface area contributed by atoms with Crippen molar-refractivity contribution in [2.24, 2.45) is 11.7 Å². The average molecular weight is 489 g/mol. The van der Waals surface area contributed by atoms with Gasteiger partial charge in [0.1, 0.15) is 11.9 Å². The molecular formula is C28H29FN4OS. The maximum Gasteiger partial charge on any atom is 0.240 e. The summed E-state index contributed by atoms with van der Waals surface area (Å²) in [6.45, 7) is 4.48. The van der Waals surface area contributed by atoms with E-state index >= 15 is 0 Å². The number of carbonyl (C=O) groups is 1. The highest BCUT2D eigenvalue weighted by atomic mass is 32.1. The number of anilines is 4. The van der Waals surface area contributed by atoms with Crippen molar-refractivity contribution in [3.8, 4) is 0 Å². The molecule has 180 valence electrons. The lowest BCUT2D eigenvalue weighted by atomic mass is 10.0. The van der Waals surface area contributed by atoms with E-state index in [2.05, 4.69) is 18.7 Å². The number of thiazole rings is 1. The fourth-order valence-corrected chi connectivity index (χ4v) is 4.88. The minimum atomic E-state index is -0.537. The molecule has 3 aromatic carbocycles. The van der Waals surface area contributed by atoms with Gasteiger partial charge in [-0.3, -0.25) is 9.69 Å². The Labute approximate surface area is 209 Å². The van der Waals surface area contributed by atoms with Crippen molar-refractivity contribution in [3.63, 3.8) is 0 Å². The molecule has 0 saturated heterocycles. The van der Waals surface area contributed by atoms with E-state index in [-0.39, 0.29) is 11.7 Å². The number of primary amides is 1. The number of aromatic nitrogens is 1. The highest BCUT2D eigenvalue weighted by Crippen LogP contribution is 2.36. The predicted molar refractivity (Wildman–Crippen MR) is 142 cm³/mol. The number of nitrogens with two attached hydrogens (primary N) is 1. The lowest BCUT2D eigenvalue weighted by Crippen LogP contribution is -2.45. The van der Waals surface area contributed by atoms with Crippen molar-refractivity contribution in [2.75, 3.05) is 9.80 Å². The van der Waals surface area contributed by atoms with Gasteiger partial charge in [-0.1, -0.05) is 50.2 Å². The minimum Gasteiger partial charge on any atom is -0.368 e. The smallest absolute Gasteiger partial charge is 0.240 e. The quantitative estimate of drug-likeness (QED) is 0.271. The van der Waals surface area contributed by atoms with Gasteiger partial charge < -0.3 is 10.6 Å². The van der Waals surface area contributed by atoms with Crippen LogP contribution in [0.15, 0.2) is 90.3 Å². The molecule has 35 heavy (non-hydrogen) atoms. The second-order valence-electron chi connectivity index (χ2n) is 8.78. The van der Waals surface area contributed by atoms with Crippen LogP contribution >= 0.6 is 11.3 Å². The first-order chi connectivity index (χ1) is 16.9. The SMILES string of the molecule is CC(C)C[C@@H](C(N)=O)N(Cc1csc(N(c2ccccc2)c2ccccc2)n1)c1ccc(F)cc1. The first-order valence-corrected chi connectivity index (χ1v) is 12.5. The van der Waals surface area contributed by atoms with Crippen LogP contribution in [0.2, 0.25) is 0 Å². The molecule has 1 atom stereocenters. The highest BCUT2D eigenvalue weighted by Gasteiger charge is 2.27. The van der Waals surface area contributed by atoms with Crippen LogP contribution in [0.5, 0.6) is 0 Å². The predicted octanol–water partition coefficient (Wildman–Crippen LogP) is 6.66. The molecule has 0 aliphatic carbocycles. The normalized spacial score (nSPS) is 11.9. The van der Waals surface area contributed by atoms with E-state index in [1.165, 1.54) is 23.5 Å². The average Bonchev–Trinajstić information content (AvgIpc) is 3.31. The third kappa shape index (κ3) is 6.05. The first kappa shape index (κ1) is 24.4. The van der Waals surface area contributed by atoms with E-state index < -0.39 is 11.9 Å². The summed E-state index contributed by atoms with van der Waals surface area (Å²) in [5.74, 6) is -0.479. The number of nitrogens with zero attached hydrogens (tertiary/aromatic N) is 3. The molecule has 0 unspecified atom stereocenters. The molecule has 0 aliphatic heterocycles. The second-order valence-corrected chi connectivity index (χ2v) is 9.62. The lowest BCUT2D eigenvalue weighted by molar-refractivity contribution is -0.119. The van der Waals surface area contributed by atoms with Gasteiger partial charge in [0.15, 0.2) is 5.13 Å². The van der Waals surface area contributed by atoms with Crippen molar-refractivity contribution < 1.29 is 9.18 Å². The first-order valence-electron chi connectivity index (χ1n) is 11.6. The van der Waals surface area contributed by atoms with E-state index in [0.29, 0.717) is 13.0 Å². The zero-order valence-corrected chi connectivity index (χ0v) is 20.7. The summed E-state index contributed by atoms with van der Waals surface area (Å²) in [4.78, 5) is 21.4. The summed E-state index contributed by atoms with van der Waals surface area (Å²) in [6.07, 6.45) is 0.587. The van der Waals surface area contributed by atoms with Crippen LogP contribution in [0.3, 0.4) is 0 Å². The van der Waals surface area contributed by atoms with Gasteiger partial charge in [-0.25, -0.2) is 9.37 Å². The molecule has 0 bridgehead atoms. The van der Waals surface area contributed by atoms with Crippen LogP contribution in [-0.4, -0.2) is 16.9 Å². The molecule has 0 radical (unpaired) electrons. The number of hydrogen-bond donors (Lipinski definition) is 1. The molecule has 7 heteroatoms. The Kier molecular flexibility index (Phi) is 7.77. The molecular weight excluding hydrogens is 459 g/mol. The van der Waals surface area contributed by atoms with Gasteiger partial charge in [0.25, 0.3) is 0 Å². The largest absolute Gasteiger partial charge is 0.368 e. The van der Waals surface area contributed by atoms with Crippen molar-refractivity contribution in [3.05, 3.63) is 102 Å². The Hall–Kier alpha value is -3.71. The van der Waals surface area contributed by atoms with E-state index in [0.717, 1.165) is 27.9 Å². The standard InChI is InChI=1S/C28H29FN4OS/c1-20(2)17-26(27(30)34)32(23-15-13-21(29)14-16-23)18-22-19-35-28(31-22)33(24-9-5-3-6-10-24)25-11-7-4-8-12-25/h3-16,19-20,26H,17-18H2,1-2H3,(H2,30,34)/t26-/m0/s1. The topological polar surface area (TPSA) is 62.5 Å². The summed E-state index contributed by atoms with van der Waals surface area (Å²) in [5, 5.41) is 2.81. The number of benzene rings is 3. The minimum absolute atomic E-state index is 0.257. The van der Waals surface area contributed by atoms with Crippen molar-refractivity contribution >= 4 is 39.4 Å². The summed E-state index contributed by atoms with van der Waals surface area (Å²) in [6, 6.07) is 25.8. The van der Waals surface area contributed by atoms with Crippen LogP contribution in [0, 0.1) is 11.7 Å². The Morgan fingerprint density at radius 2 is 1.49 bits per heavy atom. The monoisotopic (exact) mass is 488 g/mol. The zero-order chi connectivity index (χ0) is 24.8. The van der Waals surface area contributed by atoms with Gasteiger partial charge in [-0.2, -0.15) is 0 Å². The number of para-hydroxylation sites is 2. The van der Waals surface area contributed by atoms with Gasteiger partial charge in [-0.05, 0) is 60.9 Å². The van der Waals surface area contributed by atoms with E-state index in [9.17, 15) is 9.18 Å². The van der Waals surface area contributed by atoms with Crippen molar-refractivity contribution in [2.45, 2.75) is 32.9 Å². The molecule has 0 spiro atoms. The molecule has 4 aromatic rings. The fourth-order valence-electron chi connectivity index (χ4n) is 4.03. The Balaban J connectivity index is 1.69. The number of rotatable bonds is 10. The molecule has 4 rings (SSSR count). The van der Waals surface area contributed by atoms with E-state index in [1.54, 1.807) is 12.1 Å². The Bertz CT molecular complexity index is 1190. The van der Waals surface area contributed by atoms with Gasteiger partial charge in [0.2, 0.25) is 5.91 Å². The third-order valence-electron chi connectivity index (χ3n) is 5.65. The fraction of sp³-hybridized carbons (Fsp3) is 0.214. The van der Waals surface area contributed by atoms with E-state index in [1.807, 2.05) is 70.9 Å². The van der Waals surface area contributed by atoms with Crippen LogP contribution in [0.1, 0.15) is 26.0 Å². The summed E-state index contributed by atoms with van der Waals surface area (Å²) in [7, 11) is 0. The highest BCUT2D eigenvalue weighted by molar-refractivity contribution is 7.14.